The molecule has 0 aliphatic rings. The molecule has 0 N–H and O–H groups in total. The first kappa shape index (κ1) is 18.3. The highest BCUT2D eigenvalue weighted by Gasteiger charge is 2.40. The lowest BCUT2D eigenvalue weighted by molar-refractivity contribution is -0.384. The number of nitro benzene ring substituents is 1. The van der Waals surface area contributed by atoms with Gasteiger partial charge >= 0.3 is 0 Å². The summed E-state index contributed by atoms with van der Waals surface area (Å²) in [6.07, 6.45) is 0. The molecule has 0 saturated carbocycles. The first-order chi connectivity index (χ1) is 11.3. The zero-order valence-electron chi connectivity index (χ0n) is 14.3. The summed E-state index contributed by atoms with van der Waals surface area (Å²) in [5.41, 5.74) is 1.33. The Morgan fingerprint density at radius 3 is 1.75 bits per heavy atom. The highest BCUT2D eigenvalue weighted by molar-refractivity contribution is 7.59. The van der Waals surface area contributed by atoms with E-state index in [9.17, 15) is 14.7 Å². The molecular weight excluding hydrogens is 325 g/mol. The van der Waals surface area contributed by atoms with Gasteiger partial charge in [0.05, 0.1) is 10.6 Å². The molecule has 6 nitrogen and oxygen atoms in total. The third-order valence-electron chi connectivity index (χ3n) is 4.02. The van der Waals surface area contributed by atoms with Crippen LogP contribution < -0.4 is 0 Å². The van der Waals surface area contributed by atoms with Gasteiger partial charge in [-0.3, -0.25) is 14.7 Å². The lowest BCUT2D eigenvalue weighted by Crippen LogP contribution is -2.26. The first-order valence-corrected chi connectivity index (χ1v) is 9.21. The molecule has 1 unspecified atom stereocenters. The van der Waals surface area contributed by atoms with Gasteiger partial charge in [0.1, 0.15) is 0 Å². The van der Waals surface area contributed by atoms with Crippen molar-refractivity contribution in [2.45, 2.75) is 5.66 Å². The number of rotatable bonds is 6. The average Bonchev–Trinajstić information content (AvgIpc) is 2.56. The van der Waals surface area contributed by atoms with E-state index in [0.29, 0.717) is 0 Å². The molecule has 0 fully saturated rings. The second-order valence-electron chi connectivity index (χ2n) is 5.95. The third kappa shape index (κ3) is 3.41. The summed E-state index contributed by atoms with van der Waals surface area (Å²) in [5, 5.41) is 10.9. The monoisotopic (exact) mass is 347 g/mol. The van der Waals surface area contributed by atoms with Gasteiger partial charge in [-0.1, -0.05) is 42.5 Å². The van der Waals surface area contributed by atoms with E-state index in [0.717, 1.165) is 11.1 Å². The van der Waals surface area contributed by atoms with Crippen molar-refractivity contribution in [3.63, 3.8) is 0 Å². The molecule has 2 aromatic rings. The fourth-order valence-corrected chi connectivity index (χ4v) is 5.57. The summed E-state index contributed by atoms with van der Waals surface area (Å²) in [5.74, 6) is 0. The molecule has 0 heterocycles. The van der Waals surface area contributed by atoms with Gasteiger partial charge < -0.3 is 0 Å². The van der Waals surface area contributed by atoms with Crippen LogP contribution in [0.15, 0.2) is 54.6 Å². The molecule has 2 rings (SSSR count). The average molecular weight is 347 g/mol. The zero-order chi connectivity index (χ0) is 17.9. The molecule has 0 bridgehead atoms. The van der Waals surface area contributed by atoms with E-state index in [1.807, 2.05) is 30.3 Å². The Kier molecular flexibility index (Phi) is 5.54. The molecule has 2 aromatic carbocycles. The van der Waals surface area contributed by atoms with Gasteiger partial charge in [0.25, 0.3) is 5.69 Å². The highest BCUT2D eigenvalue weighted by atomic mass is 31.2. The van der Waals surface area contributed by atoms with E-state index in [1.54, 1.807) is 49.7 Å². The van der Waals surface area contributed by atoms with Crippen molar-refractivity contribution in [2.24, 2.45) is 0 Å². The molecule has 0 spiro atoms. The van der Waals surface area contributed by atoms with Crippen LogP contribution in [0.1, 0.15) is 16.8 Å². The number of hydrogen-bond donors (Lipinski definition) is 0. The molecule has 0 radical (unpaired) electrons. The molecule has 0 aliphatic heterocycles. The standard InChI is InChI=1S/C17H22N3O3P/c1-18(2)24(23,19(3)4)17(14-8-6-5-7-9-14)15-10-12-16(13-11-15)20(21)22/h5-13,17H,1-4H3. The zero-order valence-corrected chi connectivity index (χ0v) is 15.2. The van der Waals surface area contributed by atoms with Crippen LogP contribution in [0.4, 0.5) is 5.69 Å². The minimum absolute atomic E-state index is 0.0232. The van der Waals surface area contributed by atoms with E-state index in [-0.39, 0.29) is 5.69 Å². The van der Waals surface area contributed by atoms with Crippen LogP contribution in [0.3, 0.4) is 0 Å². The number of benzene rings is 2. The van der Waals surface area contributed by atoms with E-state index >= 15 is 0 Å². The summed E-state index contributed by atoms with van der Waals surface area (Å²) < 4.78 is 17.3. The predicted octanol–water partition coefficient (Wildman–Crippen LogP) is 4.00. The van der Waals surface area contributed by atoms with Gasteiger partial charge in [0, 0.05) is 12.1 Å². The molecule has 24 heavy (non-hydrogen) atoms. The second kappa shape index (κ2) is 7.26. The van der Waals surface area contributed by atoms with Crippen molar-refractivity contribution in [1.82, 2.24) is 9.34 Å². The number of nitro groups is 1. The fourth-order valence-electron chi connectivity index (χ4n) is 2.81. The maximum atomic E-state index is 13.9. The van der Waals surface area contributed by atoms with Crippen molar-refractivity contribution >= 4 is 13.1 Å². The van der Waals surface area contributed by atoms with Gasteiger partial charge in [-0.05, 0) is 39.3 Å². The van der Waals surface area contributed by atoms with Crippen LogP contribution >= 0.6 is 7.44 Å². The maximum Gasteiger partial charge on any atom is 0.269 e. The number of non-ortho nitro benzene ring substituents is 1. The van der Waals surface area contributed by atoms with Crippen LogP contribution in [0.2, 0.25) is 0 Å². The largest absolute Gasteiger partial charge is 0.288 e. The van der Waals surface area contributed by atoms with E-state index < -0.39 is 18.0 Å². The third-order valence-corrected chi connectivity index (χ3v) is 7.58. The van der Waals surface area contributed by atoms with Gasteiger partial charge in [0.15, 0.2) is 0 Å². The smallest absolute Gasteiger partial charge is 0.269 e. The Balaban J connectivity index is 2.64. The van der Waals surface area contributed by atoms with Gasteiger partial charge in [-0.25, -0.2) is 9.34 Å². The normalized spacial score (nSPS) is 13.2. The van der Waals surface area contributed by atoms with Crippen molar-refractivity contribution in [3.8, 4) is 0 Å². The summed E-state index contributed by atoms with van der Waals surface area (Å²) in [6, 6.07) is 15.9. The Labute approximate surface area is 142 Å². The Bertz CT molecular complexity index is 733. The van der Waals surface area contributed by atoms with Crippen LogP contribution in [0.5, 0.6) is 0 Å². The van der Waals surface area contributed by atoms with Gasteiger partial charge in [-0.15, -0.1) is 0 Å². The fraction of sp³-hybridized carbons (Fsp3) is 0.294. The Morgan fingerprint density at radius 1 is 0.875 bits per heavy atom. The molecule has 7 heteroatoms. The Morgan fingerprint density at radius 2 is 1.33 bits per heavy atom. The predicted molar refractivity (Wildman–Crippen MR) is 96.4 cm³/mol. The molecular formula is C17H22N3O3P. The summed E-state index contributed by atoms with van der Waals surface area (Å²) in [4.78, 5) is 10.5. The quantitative estimate of drug-likeness (QED) is 0.449. The van der Waals surface area contributed by atoms with Crippen molar-refractivity contribution in [1.29, 1.82) is 0 Å². The summed E-state index contributed by atoms with van der Waals surface area (Å²) in [6.45, 7) is 0. The molecule has 128 valence electrons. The summed E-state index contributed by atoms with van der Waals surface area (Å²) >= 11 is 0. The van der Waals surface area contributed by atoms with Crippen molar-refractivity contribution in [2.75, 3.05) is 28.2 Å². The first-order valence-electron chi connectivity index (χ1n) is 7.53. The summed E-state index contributed by atoms with van der Waals surface area (Å²) in [7, 11) is 4.22. The van der Waals surface area contributed by atoms with Gasteiger partial charge in [0.2, 0.25) is 7.44 Å². The van der Waals surface area contributed by atoms with Crippen LogP contribution in [-0.4, -0.2) is 42.5 Å². The molecule has 1 atom stereocenters. The van der Waals surface area contributed by atoms with Gasteiger partial charge in [-0.2, -0.15) is 0 Å². The van der Waals surface area contributed by atoms with E-state index in [2.05, 4.69) is 0 Å². The SMILES string of the molecule is CN(C)P(=O)(C(c1ccccc1)c1ccc([N+](=O)[O-])cc1)N(C)C. The minimum Gasteiger partial charge on any atom is -0.288 e. The van der Waals surface area contributed by atoms with E-state index in [1.165, 1.54) is 12.1 Å². The van der Waals surface area contributed by atoms with Crippen molar-refractivity contribution < 1.29 is 9.49 Å². The molecule has 0 aromatic heterocycles. The molecule has 0 amide bonds. The lowest BCUT2D eigenvalue weighted by Gasteiger charge is -2.37. The lowest BCUT2D eigenvalue weighted by atomic mass is 10.0. The second-order valence-corrected chi connectivity index (χ2v) is 9.24. The molecule has 0 aliphatic carbocycles. The number of nitrogens with zero attached hydrogens (tertiary/aromatic N) is 3. The number of hydrogen-bond acceptors (Lipinski definition) is 3. The Hall–Kier alpha value is -2.01. The van der Waals surface area contributed by atoms with E-state index in [4.69, 9.17) is 0 Å². The van der Waals surface area contributed by atoms with Crippen molar-refractivity contribution in [3.05, 3.63) is 75.8 Å². The van der Waals surface area contributed by atoms with Crippen LogP contribution in [-0.2, 0) is 4.57 Å². The maximum absolute atomic E-state index is 13.9. The highest BCUT2D eigenvalue weighted by Crippen LogP contribution is 2.64. The van der Waals surface area contributed by atoms with Crippen LogP contribution in [0.25, 0.3) is 0 Å². The van der Waals surface area contributed by atoms with Crippen LogP contribution in [0, 0.1) is 10.1 Å². The topological polar surface area (TPSA) is 66.7 Å². The minimum atomic E-state index is -2.96. The molecule has 0 saturated heterocycles.